The second-order valence-electron chi connectivity index (χ2n) is 2.51. The molecule has 0 saturated carbocycles. The Balaban J connectivity index is 3.21. The maximum absolute atomic E-state index is 10.6. The molecular weight excluding hydrogens is 190 g/mol. The summed E-state index contributed by atoms with van der Waals surface area (Å²) in [5, 5.41) is 20.8. The van der Waals surface area contributed by atoms with Crippen LogP contribution in [0.4, 0.5) is 16.3 Å². The molecule has 0 fully saturated rings. The number of pyridine rings is 1. The number of nitrogens with zero attached hydrogens (tertiary/aromatic N) is 2. The van der Waals surface area contributed by atoms with Crippen LogP contribution in [0.25, 0.3) is 0 Å². The van der Waals surface area contributed by atoms with Gasteiger partial charge in [0.2, 0.25) is 5.82 Å². The number of amides is 1. The average molecular weight is 197 g/mol. The summed E-state index contributed by atoms with van der Waals surface area (Å²) in [6.07, 6.45) is -0.0839. The van der Waals surface area contributed by atoms with Crippen LogP contribution in [0.3, 0.4) is 0 Å². The van der Waals surface area contributed by atoms with Crippen LogP contribution in [0.15, 0.2) is 12.3 Å². The number of nitro groups is 1. The number of nitrogens with one attached hydrogen (secondary N) is 1. The van der Waals surface area contributed by atoms with Crippen molar-refractivity contribution in [2.75, 3.05) is 5.32 Å². The van der Waals surface area contributed by atoms with E-state index in [1.54, 1.807) is 0 Å². The quantitative estimate of drug-likeness (QED) is 0.550. The number of rotatable bonds is 2. The van der Waals surface area contributed by atoms with Gasteiger partial charge < -0.3 is 5.11 Å². The number of anilines is 1. The summed E-state index contributed by atoms with van der Waals surface area (Å²) in [5.41, 5.74) is 0.0312. The molecule has 1 heterocycles. The molecule has 2 N–H and O–H groups in total. The molecule has 14 heavy (non-hydrogen) atoms. The van der Waals surface area contributed by atoms with Gasteiger partial charge in [0.25, 0.3) is 0 Å². The molecule has 0 saturated heterocycles. The third kappa shape index (κ3) is 1.94. The Bertz CT molecular complexity index is 391. The van der Waals surface area contributed by atoms with Crippen LogP contribution in [0.2, 0.25) is 0 Å². The van der Waals surface area contributed by atoms with E-state index in [-0.39, 0.29) is 11.5 Å². The van der Waals surface area contributed by atoms with Gasteiger partial charge in [0.1, 0.15) is 0 Å². The van der Waals surface area contributed by atoms with E-state index in [1.165, 1.54) is 19.2 Å². The van der Waals surface area contributed by atoms with Gasteiger partial charge in [0.05, 0.1) is 4.92 Å². The minimum Gasteiger partial charge on any atom is -0.465 e. The maximum Gasteiger partial charge on any atom is 0.410 e. The Morgan fingerprint density at radius 3 is 2.86 bits per heavy atom. The number of hydrogen-bond acceptors (Lipinski definition) is 4. The average Bonchev–Trinajstić information content (AvgIpc) is 2.01. The van der Waals surface area contributed by atoms with Crippen molar-refractivity contribution in [1.29, 1.82) is 0 Å². The number of aryl methyl sites for hydroxylation is 1. The molecule has 0 aliphatic carbocycles. The van der Waals surface area contributed by atoms with Gasteiger partial charge in [-0.25, -0.2) is 9.78 Å². The summed E-state index contributed by atoms with van der Waals surface area (Å²) < 4.78 is 0. The van der Waals surface area contributed by atoms with Gasteiger partial charge in [-0.2, -0.15) is 0 Å². The van der Waals surface area contributed by atoms with E-state index in [0.29, 0.717) is 5.56 Å². The Hall–Kier alpha value is -2.18. The van der Waals surface area contributed by atoms with Crippen molar-refractivity contribution in [2.45, 2.75) is 6.92 Å². The fourth-order valence-electron chi connectivity index (χ4n) is 0.974. The Morgan fingerprint density at radius 2 is 2.36 bits per heavy atom. The number of aromatic nitrogens is 1. The first kappa shape index (κ1) is 9.90. The first-order valence-corrected chi connectivity index (χ1v) is 3.62. The highest BCUT2D eigenvalue weighted by Gasteiger charge is 2.19. The fraction of sp³-hybridized carbons (Fsp3) is 0.143. The normalized spacial score (nSPS) is 9.50. The van der Waals surface area contributed by atoms with Crippen molar-refractivity contribution >= 4 is 17.6 Å². The van der Waals surface area contributed by atoms with Gasteiger partial charge in [0.15, 0.2) is 0 Å². The third-order valence-electron chi connectivity index (χ3n) is 1.53. The SMILES string of the molecule is Cc1ccnc(NC(=O)O)c1[N+](=O)[O-]. The first-order chi connectivity index (χ1) is 6.52. The molecule has 1 rings (SSSR count). The van der Waals surface area contributed by atoms with Gasteiger partial charge in [-0.15, -0.1) is 0 Å². The monoisotopic (exact) mass is 197 g/mol. The molecular formula is C7H7N3O4. The van der Waals surface area contributed by atoms with Gasteiger partial charge >= 0.3 is 11.8 Å². The molecule has 7 nitrogen and oxygen atoms in total. The molecule has 0 aliphatic rings. The molecule has 0 atom stereocenters. The van der Waals surface area contributed by atoms with Crippen molar-refractivity contribution in [3.63, 3.8) is 0 Å². The van der Waals surface area contributed by atoms with Crippen LogP contribution in [0.1, 0.15) is 5.56 Å². The lowest BCUT2D eigenvalue weighted by Crippen LogP contribution is -2.11. The van der Waals surface area contributed by atoms with E-state index in [0.717, 1.165) is 0 Å². The summed E-state index contributed by atoms with van der Waals surface area (Å²) in [6, 6.07) is 1.44. The van der Waals surface area contributed by atoms with Crippen LogP contribution in [0.5, 0.6) is 0 Å². The Labute approximate surface area is 78.5 Å². The van der Waals surface area contributed by atoms with Crippen LogP contribution in [0, 0.1) is 17.0 Å². The summed E-state index contributed by atoms with van der Waals surface area (Å²) in [6.45, 7) is 1.51. The number of carboxylic acid groups (broad SMARTS) is 1. The van der Waals surface area contributed by atoms with Crippen molar-refractivity contribution in [3.8, 4) is 0 Å². The van der Waals surface area contributed by atoms with Crippen molar-refractivity contribution in [3.05, 3.63) is 27.9 Å². The molecule has 0 bridgehead atoms. The van der Waals surface area contributed by atoms with E-state index in [9.17, 15) is 14.9 Å². The maximum atomic E-state index is 10.6. The van der Waals surface area contributed by atoms with E-state index < -0.39 is 11.0 Å². The molecule has 7 heteroatoms. The van der Waals surface area contributed by atoms with Gasteiger partial charge in [0, 0.05) is 11.8 Å². The lowest BCUT2D eigenvalue weighted by molar-refractivity contribution is -0.384. The zero-order chi connectivity index (χ0) is 10.7. The fourth-order valence-corrected chi connectivity index (χ4v) is 0.974. The van der Waals surface area contributed by atoms with E-state index in [2.05, 4.69) is 4.98 Å². The molecule has 0 unspecified atom stereocenters. The van der Waals surface area contributed by atoms with Crippen molar-refractivity contribution in [2.24, 2.45) is 0 Å². The molecule has 0 aromatic carbocycles. The van der Waals surface area contributed by atoms with E-state index in [1.807, 2.05) is 5.32 Å². The lowest BCUT2D eigenvalue weighted by Gasteiger charge is -2.02. The summed E-state index contributed by atoms with van der Waals surface area (Å²) >= 11 is 0. The van der Waals surface area contributed by atoms with Gasteiger partial charge in [-0.05, 0) is 13.0 Å². The topological polar surface area (TPSA) is 105 Å². The largest absolute Gasteiger partial charge is 0.465 e. The van der Waals surface area contributed by atoms with Crippen molar-refractivity contribution < 1.29 is 14.8 Å². The molecule has 0 spiro atoms. The van der Waals surface area contributed by atoms with E-state index in [4.69, 9.17) is 5.11 Å². The standard InChI is InChI=1S/C7H7N3O4/c1-4-2-3-8-6(9-7(11)12)5(4)10(13)14/h2-3H,1H3,(H,8,9)(H,11,12). The second kappa shape index (κ2) is 3.69. The summed E-state index contributed by atoms with van der Waals surface area (Å²) in [7, 11) is 0. The summed E-state index contributed by atoms with van der Waals surface area (Å²) in [4.78, 5) is 23.7. The van der Waals surface area contributed by atoms with Crippen LogP contribution in [-0.4, -0.2) is 21.1 Å². The van der Waals surface area contributed by atoms with Crippen LogP contribution >= 0.6 is 0 Å². The third-order valence-corrected chi connectivity index (χ3v) is 1.53. The smallest absolute Gasteiger partial charge is 0.410 e. The lowest BCUT2D eigenvalue weighted by atomic mass is 10.2. The molecule has 1 amide bonds. The van der Waals surface area contributed by atoms with Gasteiger partial charge in [-0.3, -0.25) is 15.4 Å². The Kier molecular flexibility index (Phi) is 2.61. The summed E-state index contributed by atoms with van der Waals surface area (Å²) in [5.74, 6) is -0.262. The predicted molar refractivity (Wildman–Crippen MR) is 47.3 cm³/mol. The molecule has 0 radical (unpaired) electrons. The zero-order valence-electron chi connectivity index (χ0n) is 7.22. The van der Waals surface area contributed by atoms with Crippen LogP contribution in [-0.2, 0) is 0 Å². The minimum absolute atomic E-state index is 0.262. The zero-order valence-corrected chi connectivity index (χ0v) is 7.22. The van der Waals surface area contributed by atoms with Crippen LogP contribution < -0.4 is 5.32 Å². The highest BCUT2D eigenvalue weighted by Crippen LogP contribution is 2.24. The molecule has 74 valence electrons. The minimum atomic E-state index is -1.38. The molecule has 1 aromatic rings. The van der Waals surface area contributed by atoms with Gasteiger partial charge in [-0.1, -0.05) is 0 Å². The van der Waals surface area contributed by atoms with Crippen molar-refractivity contribution in [1.82, 2.24) is 4.98 Å². The predicted octanol–water partition coefficient (Wildman–Crippen LogP) is 1.39. The Morgan fingerprint density at radius 1 is 1.71 bits per heavy atom. The first-order valence-electron chi connectivity index (χ1n) is 3.62. The number of carbonyl (C=O) groups is 1. The van der Waals surface area contributed by atoms with E-state index >= 15 is 0 Å². The highest BCUT2D eigenvalue weighted by atomic mass is 16.6. The highest BCUT2D eigenvalue weighted by molar-refractivity contribution is 5.85. The molecule has 1 aromatic heterocycles. The number of hydrogen-bond donors (Lipinski definition) is 2. The molecule has 0 aliphatic heterocycles. The second-order valence-corrected chi connectivity index (χ2v) is 2.51.